The first-order valence-corrected chi connectivity index (χ1v) is 11.5. The molecule has 12 heteroatoms. The number of nitrogens with one attached hydrogen (secondary N) is 3. The molecule has 0 fully saturated rings. The van der Waals surface area contributed by atoms with Crippen LogP contribution in [0.3, 0.4) is 0 Å². The number of hydrogen-bond donors (Lipinski definition) is 3. The van der Waals surface area contributed by atoms with E-state index >= 15 is 0 Å². The molecular weight excluding hydrogens is 517 g/mol. The maximum absolute atomic E-state index is 12.9. The van der Waals surface area contributed by atoms with Gasteiger partial charge >= 0.3 is 18.0 Å². The fourth-order valence-corrected chi connectivity index (χ4v) is 3.40. The molecule has 3 aromatic carbocycles. The topological polar surface area (TPSA) is 118 Å². The van der Waals surface area contributed by atoms with Gasteiger partial charge in [-0.2, -0.15) is 18.3 Å². The van der Waals surface area contributed by atoms with Gasteiger partial charge in [-0.25, -0.2) is 5.43 Å². The van der Waals surface area contributed by atoms with Crippen LogP contribution in [0.4, 0.5) is 24.5 Å². The van der Waals surface area contributed by atoms with E-state index in [0.29, 0.717) is 11.3 Å². The third-order valence-corrected chi connectivity index (χ3v) is 5.33. The summed E-state index contributed by atoms with van der Waals surface area (Å²) in [5.41, 5.74) is 3.86. The summed E-state index contributed by atoms with van der Waals surface area (Å²) < 4.78 is 49.2. The first-order chi connectivity index (χ1) is 18.5. The SMILES string of the molecule is COc1cc(/C=N\NC(=O)C(=O)Nc2c(C)cccc2C)ccc1OCC(=O)Nc1cccc(C(F)(F)F)c1. The number of anilines is 2. The molecule has 0 saturated heterocycles. The lowest BCUT2D eigenvalue weighted by Gasteiger charge is -2.12. The number of carbonyl (C=O) groups is 3. The van der Waals surface area contributed by atoms with Crippen molar-refractivity contribution in [1.29, 1.82) is 0 Å². The Hall–Kier alpha value is -4.87. The van der Waals surface area contributed by atoms with Crippen molar-refractivity contribution in [3.8, 4) is 11.5 Å². The molecule has 0 aliphatic rings. The number of rotatable bonds is 8. The van der Waals surface area contributed by atoms with Crippen LogP contribution in [0.15, 0.2) is 65.8 Å². The molecule has 204 valence electrons. The lowest BCUT2D eigenvalue weighted by molar-refractivity contribution is -0.137. The highest BCUT2D eigenvalue weighted by Gasteiger charge is 2.30. The number of hydrogen-bond acceptors (Lipinski definition) is 6. The number of hydrazone groups is 1. The zero-order valence-corrected chi connectivity index (χ0v) is 21.2. The molecule has 0 saturated carbocycles. The van der Waals surface area contributed by atoms with E-state index in [9.17, 15) is 27.6 Å². The second kappa shape index (κ2) is 12.6. The molecule has 0 heterocycles. The van der Waals surface area contributed by atoms with E-state index < -0.39 is 36.1 Å². The largest absolute Gasteiger partial charge is 0.493 e. The van der Waals surface area contributed by atoms with E-state index in [1.807, 2.05) is 32.0 Å². The second-order valence-electron chi connectivity index (χ2n) is 8.25. The van der Waals surface area contributed by atoms with Gasteiger partial charge in [-0.1, -0.05) is 24.3 Å². The van der Waals surface area contributed by atoms with Crippen molar-refractivity contribution in [2.75, 3.05) is 24.4 Å². The summed E-state index contributed by atoms with van der Waals surface area (Å²) >= 11 is 0. The molecule has 0 aromatic heterocycles. The molecule has 0 bridgehead atoms. The van der Waals surface area contributed by atoms with E-state index in [0.717, 1.165) is 23.3 Å². The highest BCUT2D eigenvalue weighted by molar-refractivity contribution is 6.39. The van der Waals surface area contributed by atoms with Gasteiger partial charge in [-0.3, -0.25) is 14.4 Å². The Labute approximate surface area is 222 Å². The Kier molecular flexibility index (Phi) is 9.26. The normalized spacial score (nSPS) is 11.1. The molecule has 3 aromatic rings. The lowest BCUT2D eigenvalue weighted by Crippen LogP contribution is -2.32. The van der Waals surface area contributed by atoms with Gasteiger partial charge in [-0.05, 0) is 66.9 Å². The molecule has 9 nitrogen and oxygen atoms in total. The van der Waals surface area contributed by atoms with Gasteiger partial charge in [0, 0.05) is 11.4 Å². The number of para-hydroxylation sites is 1. The van der Waals surface area contributed by atoms with Gasteiger partial charge in [0.1, 0.15) is 0 Å². The van der Waals surface area contributed by atoms with Crippen molar-refractivity contribution >= 4 is 35.3 Å². The van der Waals surface area contributed by atoms with Gasteiger partial charge in [0.05, 0.1) is 18.9 Å². The molecule has 0 aliphatic carbocycles. The molecule has 0 unspecified atom stereocenters. The van der Waals surface area contributed by atoms with Crippen LogP contribution in [0.25, 0.3) is 0 Å². The van der Waals surface area contributed by atoms with Gasteiger partial charge in [0.2, 0.25) is 0 Å². The summed E-state index contributed by atoms with van der Waals surface area (Å²) in [4.78, 5) is 36.5. The zero-order valence-electron chi connectivity index (χ0n) is 21.2. The van der Waals surface area contributed by atoms with E-state index in [-0.39, 0.29) is 17.2 Å². The van der Waals surface area contributed by atoms with Gasteiger partial charge in [0.15, 0.2) is 18.1 Å². The molecule has 3 N–H and O–H groups in total. The number of alkyl halides is 3. The van der Waals surface area contributed by atoms with Crippen LogP contribution in [0.1, 0.15) is 22.3 Å². The highest BCUT2D eigenvalue weighted by atomic mass is 19.4. The van der Waals surface area contributed by atoms with Crippen LogP contribution in [-0.2, 0) is 20.6 Å². The standard InChI is InChI=1S/C27H25F3N4O5/c1-16-6-4-7-17(2)24(16)33-25(36)26(37)34-31-14-18-10-11-21(22(12-18)38-3)39-15-23(35)32-20-9-5-8-19(13-20)27(28,29)30/h4-14H,15H2,1-3H3,(H,32,35)(H,33,36)(H,34,37)/b31-14-. The van der Waals surface area contributed by atoms with E-state index in [1.165, 1.54) is 37.6 Å². The first kappa shape index (κ1) is 28.7. The van der Waals surface area contributed by atoms with E-state index in [2.05, 4.69) is 21.2 Å². The zero-order chi connectivity index (χ0) is 28.6. The number of aryl methyl sites for hydroxylation is 2. The van der Waals surface area contributed by atoms with Crippen LogP contribution in [-0.4, -0.2) is 37.7 Å². The maximum atomic E-state index is 12.9. The second-order valence-corrected chi connectivity index (χ2v) is 8.25. The summed E-state index contributed by atoms with van der Waals surface area (Å²) in [5, 5.41) is 8.67. The number of amides is 3. The number of halogens is 3. The Morgan fingerprint density at radius 3 is 2.26 bits per heavy atom. The average molecular weight is 543 g/mol. The van der Waals surface area contributed by atoms with Crippen molar-refractivity contribution in [2.45, 2.75) is 20.0 Å². The quantitative estimate of drug-likeness (QED) is 0.221. The van der Waals surface area contributed by atoms with Crippen LogP contribution in [0.2, 0.25) is 0 Å². The predicted octanol–water partition coefficient (Wildman–Crippen LogP) is 4.44. The summed E-state index contributed by atoms with van der Waals surface area (Å²) in [7, 11) is 1.37. The van der Waals surface area contributed by atoms with Gasteiger partial charge in [-0.15, -0.1) is 0 Å². The summed E-state index contributed by atoms with van der Waals surface area (Å²) in [6.07, 6.45) is -3.26. The molecule has 0 atom stereocenters. The van der Waals surface area contributed by atoms with E-state index in [1.54, 1.807) is 6.07 Å². The molecule has 39 heavy (non-hydrogen) atoms. The number of benzene rings is 3. The molecule has 0 aliphatic heterocycles. The molecule has 0 radical (unpaired) electrons. The molecule has 3 amide bonds. The van der Waals surface area contributed by atoms with Gasteiger partial charge < -0.3 is 20.1 Å². The van der Waals surface area contributed by atoms with Gasteiger partial charge in [0.25, 0.3) is 5.91 Å². The monoisotopic (exact) mass is 542 g/mol. The average Bonchev–Trinajstić information content (AvgIpc) is 2.89. The van der Waals surface area contributed by atoms with E-state index in [4.69, 9.17) is 9.47 Å². The van der Waals surface area contributed by atoms with Crippen LogP contribution in [0.5, 0.6) is 11.5 Å². The summed E-state index contributed by atoms with van der Waals surface area (Å²) in [5.74, 6) is -2.11. The minimum atomic E-state index is -4.54. The van der Waals surface area contributed by atoms with Crippen molar-refractivity contribution in [1.82, 2.24) is 5.43 Å². The Bertz CT molecular complexity index is 1390. The minimum Gasteiger partial charge on any atom is -0.493 e. The molecule has 0 spiro atoms. The summed E-state index contributed by atoms with van der Waals surface area (Å²) in [6, 6.07) is 14.2. The number of ether oxygens (including phenoxy) is 2. The Morgan fingerprint density at radius 2 is 1.59 bits per heavy atom. The Morgan fingerprint density at radius 1 is 0.897 bits per heavy atom. The van der Waals surface area contributed by atoms with Crippen molar-refractivity contribution in [3.63, 3.8) is 0 Å². The van der Waals surface area contributed by atoms with Crippen LogP contribution < -0.4 is 25.5 Å². The van der Waals surface area contributed by atoms with Crippen molar-refractivity contribution < 1.29 is 37.0 Å². The number of methoxy groups -OCH3 is 1. The van der Waals surface area contributed by atoms with Crippen LogP contribution >= 0.6 is 0 Å². The highest BCUT2D eigenvalue weighted by Crippen LogP contribution is 2.31. The summed E-state index contributed by atoms with van der Waals surface area (Å²) in [6.45, 7) is 3.12. The van der Waals surface area contributed by atoms with Crippen molar-refractivity contribution in [2.24, 2.45) is 5.10 Å². The molecule has 3 rings (SSSR count). The fourth-order valence-electron chi connectivity index (χ4n) is 3.40. The third-order valence-electron chi connectivity index (χ3n) is 5.33. The maximum Gasteiger partial charge on any atom is 0.416 e. The predicted molar refractivity (Wildman–Crippen MR) is 139 cm³/mol. The first-order valence-electron chi connectivity index (χ1n) is 11.5. The Balaban J connectivity index is 1.55. The van der Waals surface area contributed by atoms with Crippen molar-refractivity contribution in [3.05, 3.63) is 82.9 Å². The number of nitrogens with zero attached hydrogens (tertiary/aromatic N) is 1. The smallest absolute Gasteiger partial charge is 0.416 e. The number of carbonyl (C=O) groups excluding carboxylic acids is 3. The fraction of sp³-hybridized carbons (Fsp3) is 0.185. The van der Waals surface area contributed by atoms with Crippen LogP contribution in [0, 0.1) is 13.8 Å². The third kappa shape index (κ3) is 8.06. The lowest BCUT2D eigenvalue weighted by atomic mass is 10.1. The minimum absolute atomic E-state index is 0.0262. The molecular formula is C27H25F3N4O5.